The second-order valence-electron chi connectivity index (χ2n) is 13.5. The van der Waals surface area contributed by atoms with Crippen LogP contribution in [-0.2, 0) is 0 Å². The number of benzene rings is 8. The number of rotatable bonds is 4. The van der Waals surface area contributed by atoms with Crippen LogP contribution in [0.2, 0.25) is 5.02 Å². The summed E-state index contributed by atoms with van der Waals surface area (Å²) in [7, 11) is 0. The zero-order chi connectivity index (χ0) is 35.0. The number of hydrogen-bond acceptors (Lipinski definition) is 4. The van der Waals surface area contributed by atoms with Gasteiger partial charge in [0.1, 0.15) is 23.2 Å². The molecule has 5 nitrogen and oxygen atoms in total. The van der Waals surface area contributed by atoms with Crippen LogP contribution in [-0.4, -0.2) is 16.2 Å². The molecule has 250 valence electrons. The molecule has 1 aliphatic rings. The SMILES string of the molecule is Clc1c(C2=NC(c3ccc4c5ccccc5n(-c5ccccc5)c4c3)NC(c3cccc4ccccc34)=N2)c2oc3ccccc3c2c2ccccc12. The van der Waals surface area contributed by atoms with Crippen molar-refractivity contribution >= 4 is 88.6 Å². The molecule has 0 bridgehead atoms. The van der Waals surface area contributed by atoms with E-state index in [1.165, 1.54) is 10.8 Å². The van der Waals surface area contributed by atoms with E-state index in [1.54, 1.807) is 0 Å². The van der Waals surface area contributed by atoms with Crippen molar-refractivity contribution in [1.29, 1.82) is 0 Å². The summed E-state index contributed by atoms with van der Waals surface area (Å²) >= 11 is 7.44. The maximum Gasteiger partial charge on any atom is 0.164 e. The van der Waals surface area contributed by atoms with Gasteiger partial charge in [-0.15, -0.1) is 0 Å². The Kier molecular flexibility index (Phi) is 6.60. The van der Waals surface area contributed by atoms with Crippen molar-refractivity contribution in [2.45, 2.75) is 6.17 Å². The topological polar surface area (TPSA) is 54.8 Å². The van der Waals surface area contributed by atoms with E-state index < -0.39 is 6.17 Å². The van der Waals surface area contributed by atoms with Gasteiger partial charge in [-0.3, -0.25) is 0 Å². The minimum atomic E-state index is -0.481. The molecule has 1 N–H and O–H groups in total. The van der Waals surface area contributed by atoms with Crippen molar-refractivity contribution in [2.75, 3.05) is 0 Å². The molecule has 0 spiro atoms. The molecule has 1 aliphatic heterocycles. The largest absolute Gasteiger partial charge is 0.455 e. The van der Waals surface area contributed by atoms with E-state index in [2.05, 4.69) is 143 Å². The quantitative estimate of drug-likeness (QED) is 0.199. The molecule has 1 unspecified atom stereocenters. The summed E-state index contributed by atoms with van der Waals surface area (Å²) in [4.78, 5) is 10.7. The van der Waals surface area contributed by atoms with Gasteiger partial charge in [0.25, 0.3) is 0 Å². The number of nitrogens with one attached hydrogen (secondary N) is 1. The monoisotopic (exact) mass is 700 g/mol. The smallest absolute Gasteiger partial charge is 0.164 e. The Morgan fingerprint density at radius 3 is 2.13 bits per heavy atom. The van der Waals surface area contributed by atoms with E-state index in [9.17, 15) is 0 Å². The number of para-hydroxylation sites is 3. The second-order valence-corrected chi connectivity index (χ2v) is 13.9. The van der Waals surface area contributed by atoms with E-state index in [0.29, 0.717) is 27.8 Å². The van der Waals surface area contributed by atoms with E-state index in [1.807, 2.05) is 30.3 Å². The molecule has 53 heavy (non-hydrogen) atoms. The van der Waals surface area contributed by atoms with E-state index in [-0.39, 0.29) is 0 Å². The van der Waals surface area contributed by atoms with Crippen LogP contribution in [0, 0.1) is 0 Å². The zero-order valence-electron chi connectivity index (χ0n) is 28.3. The van der Waals surface area contributed by atoms with Gasteiger partial charge in [-0.2, -0.15) is 0 Å². The van der Waals surface area contributed by atoms with Crippen molar-refractivity contribution in [3.8, 4) is 5.69 Å². The highest BCUT2D eigenvalue weighted by Gasteiger charge is 2.28. The highest BCUT2D eigenvalue weighted by atomic mass is 35.5. The summed E-state index contributed by atoms with van der Waals surface area (Å²) in [5, 5.41) is 12.9. The fourth-order valence-corrected chi connectivity index (χ4v) is 8.46. The van der Waals surface area contributed by atoms with Crippen molar-refractivity contribution in [3.05, 3.63) is 186 Å². The highest BCUT2D eigenvalue weighted by molar-refractivity contribution is 6.43. The lowest BCUT2D eigenvalue weighted by Gasteiger charge is -2.25. The first-order valence-electron chi connectivity index (χ1n) is 17.7. The van der Waals surface area contributed by atoms with Crippen LogP contribution >= 0.6 is 11.6 Å². The van der Waals surface area contributed by atoms with Gasteiger partial charge in [0.15, 0.2) is 5.84 Å². The third-order valence-corrected chi connectivity index (χ3v) is 10.9. The molecule has 1 atom stereocenters. The molecular formula is C47H29ClN4O. The Morgan fingerprint density at radius 1 is 0.585 bits per heavy atom. The van der Waals surface area contributed by atoms with Crippen LogP contribution in [0.3, 0.4) is 0 Å². The lowest BCUT2D eigenvalue weighted by molar-refractivity contribution is 0.663. The zero-order valence-corrected chi connectivity index (χ0v) is 29.0. The summed E-state index contributed by atoms with van der Waals surface area (Å²) < 4.78 is 9.01. The molecule has 0 amide bonds. The Morgan fingerprint density at radius 2 is 1.26 bits per heavy atom. The van der Waals surface area contributed by atoms with Crippen LogP contribution in [0.5, 0.6) is 0 Å². The molecule has 0 fully saturated rings. The Bertz CT molecular complexity index is 3170. The highest BCUT2D eigenvalue weighted by Crippen LogP contribution is 2.43. The van der Waals surface area contributed by atoms with Crippen LogP contribution < -0.4 is 5.32 Å². The van der Waals surface area contributed by atoms with Crippen LogP contribution in [0.4, 0.5) is 0 Å². The molecular weight excluding hydrogens is 672 g/mol. The number of amidine groups is 2. The van der Waals surface area contributed by atoms with Gasteiger partial charge in [0.05, 0.1) is 21.6 Å². The molecule has 0 aliphatic carbocycles. The number of nitrogens with zero attached hydrogens (tertiary/aromatic N) is 3. The molecule has 8 aromatic carbocycles. The molecule has 0 saturated carbocycles. The molecule has 10 aromatic rings. The van der Waals surface area contributed by atoms with Crippen molar-refractivity contribution in [1.82, 2.24) is 9.88 Å². The molecule has 0 saturated heterocycles. The van der Waals surface area contributed by atoms with E-state index in [4.69, 9.17) is 26.0 Å². The van der Waals surface area contributed by atoms with Crippen molar-refractivity contribution in [2.24, 2.45) is 9.98 Å². The maximum atomic E-state index is 7.44. The summed E-state index contributed by atoms with van der Waals surface area (Å²) in [6.45, 7) is 0. The summed E-state index contributed by atoms with van der Waals surface area (Å²) in [5.41, 5.74) is 7.49. The third-order valence-electron chi connectivity index (χ3n) is 10.5. The molecule has 11 rings (SSSR count). The average Bonchev–Trinajstić information content (AvgIpc) is 3.77. The number of fused-ring (bicyclic) bond motifs is 9. The minimum absolute atomic E-state index is 0.481. The first-order valence-corrected chi connectivity index (χ1v) is 18.1. The Hall–Kier alpha value is -6.69. The standard InChI is InChI=1S/C47H29ClN4O/c48-43-35-20-7-6-19-34(35)41-37-21-9-11-24-40(37)53-44(41)42(43)47-50-45(49-46(51-47)36-22-12-14-28-13-4-5-17-31(28)36)29-25-26-33-32-18-8-10-23-38(32)52(39(33)27-29)30-15-2-1-3-16-30/h1-27,45H,(H,49,50,51). The number of aliphatic imine (C=N–C) groups is 2. The predicted molar refractivity (Wildman–Crippen MR) is 220 cm³/mol. The third kappa shape index (κ3) is 4.57. The molecule has 0 radical (unpaired) electrons. The number of aromatic nitrogens is 1. The van der Waals surface area contributed by atoms with E-state index >= 15 is 0 Å². The average molecular weight is 701 g/mol. The Labute approximate surface area is 309 Å². The molecule has 2 aromatic heterocycles. The van der Waals surface area contributed by atoms with Gasteiger partial charge in [0, 0.05) is 38.2 Å². The van der Waals surface area contributed by atoms with Gasteiger partial charge in [-0.25, -0.2) is 9.98 Å². The first-order chi connectivity index (χ1) is 26.2. The summed E-state index contributed by atoms with van der Waals surface area (Å²) in [6, 6.07) is 56.8. The van der Waals surface area contributed by atoms with Gasteiger partial charge < -0.3 is 14.3 Å². The number of hydrogen-bond donors (Lipinski definition) is 1. The number of halogens is 1. The first kappa shape index (κ1) is 30.0. The fourth-order valence-electron chi connectivity index (χ4n) is 8.13. The normalized spacial score (nSPS) is 14.7. The minimum Gasteiger partial charge on any atom is -0.455 e. The van der Waals surface area contributed by atoms with Gasteiger partial charge in [-0.1, -0.05) is 145 Å². The van der Waals surface area contributed by atoms with Gasteiger partial charge >= 0.3 is 0 Å². The summed E-state index contributed by atoms with van der Waals surface area (Å²) in [5.74, 6) is 1.23. The second kappa shape index (κ2) is 11.7. The van der Waals surface area contributed by atoms with Crippen LogP contribution in [0.15, 0.2) is 178 Å². The van der Waals surface area contributed by atoms with Crippen molar-refractivity contribution < 1.29 is 4.42 Å². The van der Waals surface area contributed by atoms with Gasteiger partial charge in [0.2, 0.25) is 0 Å². The lowest BCUT2D eigenvalue weighted by Crippen LogP contribution is -2.33. The maximum absolute atomic E-state index is 7.44. The van der Waals surface area contributed by atoms with Crippen LogP contribution in [0.25, 0.3) is 71.0 Å². The van der Waals surface area contributed by atoms with E-state index in [0.717, 1.165) is 65.7 Å². The predicted octanol–water partition coefficient (Wildman–Crippen LogP) is 12.1. The van der Waals surface area contributed by atoms with Crippen molar-refractivity contribution in [3.63, 3.8) is 0 Å². The molecule has 6 heteroatoms. The molecule has 3 heterocycles. The van der Waals surface area contributed by atoms with Gasteiger partial charge in [-0.05, 0) is 52.1 Å². The summed E-state index contributed by atoms with van der Waals surface area (Å²) in [6.07, 6.45) is -0.481. The number of furan rings is 1. The lowest BCUT2D eigenvalue weighted by atomic mass is 9.98. The Balaban J connectivity index is 1.19. The fraction of sp³-hybridized carbons (Fsp3) is 0.0213. The van der Waals surface area contributed by atoms with Crippen LogP contribution in [0.1, 0.15) is 22.9 Å².